The van der Waals surface area contributed by atoms with Crippen LogP contribution in [-0.4, -0.2) is 17.5 Å². The van der Waals surface area contributed by atoms with Crippen LogP contribution >= 0.6 is 15.9 Å². The van der Waals surface area contributed by atoms with E-state index in [1.807, 2.05) is 6.07 Å². The second-order valence-electron chi connectivity index (χ2n) is 5.16. The molecular formula is C15H23BrN2O2. The van der Waals surface area contributed by atoms with Crippen molar-refractivity contribution in [3.63, 3.8) is 0 Å². The molecule has 0 amide bonds. The normalized spacial score (nSPS) is 14.0. The highest BCUT2D eigenvalue weighted by Crippen LogP contribution is 2.30. The minimum atomic E-state index is -0.342. The molecule has 4 nitrogen and oxygen atoms in total. The summed E-state index contributed by atoms with van der Waals surface area (Å²) in [5.74, 6) is 0.435. The summed E-state index contributed by atoms with van der Waals surface area (Å²) in [6.45, 7) is 7.54. The van der Waals surface area contributed by atoms with Crippen LogP contribution in [-0.2, 0) is 6.42 Å². The average Bonchev–Trinajstić information content (AvgIpc) is 2.41. The molecule has 0 saturated heterocycles. The van der Waals surface area contributed by atoms with Gasteiger partial charge in [-0.1, -0.05) is 32.9 Å². The fourth-order valence-corrected chi connectivity index (χ4v) is 3.00. The largest absolute Gasteiger partial charge is 0.314 e. The predicted molar refractivity (Wildman–Crippen MR) is 86.0 cm³/mol. The predicted octanol–water partition coefficient (Wildman–Crippen LogP) is 4.31. The Kier molecular flexibility index (Phi) is 7.16. The number of hydrogen-bond donors (Lipinski definition) is 1. The summed E-state index contributed by atoms with van der Waals surface area (Å²) < 4.78 is 0.613. The Hall–Kier alpha value is -0.940. The summed E-state index contributed by atoms with van der Waals surface area (Å²) in [4.78, 5) is 10.6. The van der Waals surface area contributed by atoms with Crippen LogP contribution in [0.3, 0.4) is 0 Å². The highest BCUT2D eigenvalue weighted by Gasteiger charge is 2.20. The molecule has 0 heterocycles. The third-order valence-corrected chi connectivity index (χ3v) is 4.50. The van der Waals surface area contributed by atoms with Gasteiger partial charge in [-0.2, -0.15) is 0 Å². The van der Waals surface area contributed by atoms with Crippen molar-refractivity contribution in [3.05, 3.63) is 38.3 Å². The monoisotopic (exact) mass is 342 g/mol. The molecule has 2 atom stereocenters. The van der Waals surface area contributed by atoms with Crippen molar-refractivity contribution in [2.24, 2.45) is 5.92 Å². The van der Waals surface area contributed by atoms with Crippen molar-refractivity contribution in [2.45, 2.75) is 46.1 Å². The number of nitrogens with one attached hydrogen (secondary N) is 1. The van der Waals surface area contributed by atoms with Crippen LogP contribution in [0.4, 0.5) is 5.69 Å². The van der Waals surface area contributed by atoms with Gasteiger partial charge in [0.2, 0.25) is 0 Å². The number of nitro benzene ring substituents is 1. The number of halogens is 1. The summed E-state index contributed by atoms with van der Waals surface area (Å²) in [6, 6.07) is 5.69. The molecule has 0 fully saturated rings. The highest BCUT2D eigenvalue weighted by atomic mass is 79.9. The number of nitrogens with zero attached hydrogens (tertiary/aromatic N) is 1. The maximum Gasteiger partial charge on any atom is 0.283 e. The van der Waals surface area contributed by atoms with E-state index in [-0.39, 0.29) is 10.6 Å². The van der Waals surface area contributed by atoms with Crippen LogP contribution < -0.4 is 5.32 Å². The third kappa shape index (κ3) is 4.56. The first-order valence-corrected chi connectivity index (χ1v) is 7.95. The minimum Gasteiger partial charge on any atom is -0.314 e. The van der Waals surface area contributed by atoms with E-state index in [0.717, 1.165) is 31.4 Å². The molecule has 0 bridgehead atoms. The molecule has 0 saturated carbocycles. The van der Waals surface area contributed by atoms with Crippen molar-refractivity contribution in [1.82, 2.24) is 5.32 Å². The summed E-state index contributed by atoms with van der Waals surface area (Å²) in [5.41, 5.74) is 1.15. The maximum atomic E-state index is 11.0. The lowest BCUT2D eigenvalue weighted by atomic mass is 9.92. The zero-order valence-electron chi connectivity index (χ0n) is 12.4. The highest BCUT2D eigenvalue weighted by molar-refractivity contribution is 9.10. The van der Waals surface area contributed by atoms with E-state index in [4.69, 9.17) is 0 Å². The smallest absolute Gasteiger partial charge is 0.283 e. The van der Waals surface area contributed by atoms with Gasteiger partial charge < -0.3 is 5.32 Å². The van der Waals surface area contributed by atoms with E-state index >= 15 is 0 Å². The van der Waals surface area contributed by atoms with Crippen molar-refractivity contribution >= 4 is 21.6 Å². The second kappa shape index (κ2) is 8.37. The molecule has 2 unspecified atom stereocenters. The molecule has 1 N–H and O–H groups in total. The fraction of sp³-hybridized carbons (Fsp3) is 0.600. The van der Waals surface area contributed by atoms with Gasteiger partial charge in [0.25, 0.3) is 5.69 Å². The molecule has 1 aromatic rings. The van der Waals surface area contributed by atoms with Gasteiger partial charge in [-0.25, -0.2) is 0 Å². The molecule has 20 heavy (non-hydrogen) atoms. The third-order valence-electron chi connectivity index (χ3n) is 3.58. The van der Waals surface area contributed by atoms with E-state index in [1.165, 1.54) is 6.07 Å². The van der Waals surface area contributed by atoms with Crippen molar-refractivity contribution in [2.75, 3.05) is 6.54 Å². The summed E-state index contributed by atoms with van der Waals surface area (Å²) in [5, 5.41) is 14.5. The number of rotatable bonds is 8. The molecule has 0 aromatic heterocycles. The summed E-state index contributed by atoms with van der Waals surface area (Å²) in [6.07, 6.45) is 3.01. The number of hydrogen-bond acceptors (Lipinski definition) is 3. The van der Waals surface area contributed by atoms with Crippen LogP contribution in [0.25, 0.3) is 0 Å². The Morgan fingerprint density at radius 1 is 1.40 bits per heavy atom. The van der Waals surface area contributed by atoms with Crippen LogP contribution in [0.2, 0.25) is 0 Å². The van der Waals surface area contributed by atoms with Gasteiger partial charge in [0, 0.05) is 12.1 Å². The number of benzene rings is 1. The molecule has 5 heteroatoms. The van der Waals surface area contributed by atoms with Gasteiger partial charge in [0.15, 0.2) is 0 Å². The van der Waals surface area contributed by atoms with E-state index in [1.54, 1.807) is 6.07 Å². The van der Waals surface area contributed by atoms with Crippen molar-refractivity contribution in [1.29, 1.82) is 0 Å². The Balaban J connectivity index is 2.81. The first-order valence-electron chi connectivity index (χ1n) is 7.16. The summed E-state index contributed by atoms with van der Waals surface area (Å²) in [7, 11) is 0. The molecular weight excluding hydrogens is 320 g/mol. The van der Waals surface area contributed by atoms with Gasteiger partial charge in [-0.15, -0.1) is 0 Å². The quantitative estimate of drug-likeness (QED) is 0.565. The lowest BCUT2D eigenvalue weighted by molar-refractivity contribution is -0.385. The van der Waals surface area contributed by atoms with Gasteiger partial charge in [0.1, 0.15) is 0 Å². The van der Waals surface area contributed by atoms with Crippen molar-refractivity contribution < 1.29 is 4.92 Å². The fourth-order valence-electron chi connectivity index (χ4n) is 2.43. The molecule has 0 radical (unpaired) electrons. The molecule has 0 spiro atoms. The van der Waals surface area contributed by atoms with Crippen LogP contribution in [0.1, 0.15) is 39.2 Å². The van der Waals surface area contributed by atoms with E-state index in [9.17, 15) is 10.1 Å². The Bertz CT molecular complexity index is 451. The molecule has 112 valence electrons. The molecule has 0 aliphatic heterocycles. The van der Waals surface area contributed by atoms with E-state index < -0.39 is 0 Å². The van der Waals surface area contributed by atoms with Crippen LogP contribution in [0.15, 0.2) is 22.7 Å². The first kappa shape index (κ1) is 17.1. The van der Waals surface area contributed by atoms with Crippen LogP contribution in [0.5, 0.6) is 0 Å². The Morgan fingerprint density at radius 2 is 2.10 bits per heavy atom. The topological polar surface area (TPSA) is 55.2 Å². The van der Waals surface area contributed by atoms with E-state index in [2.05, 4.69) is 42.0 Å². The summed E-state index contributed by atoms with van der Waals surface area (Å²) >= 11 is 3.37. The SMILES string of the molecule is CCCNC(CC)C(C)Cc1cccc([N+](=O)[O-])c1Br. The Morgan fingerprint density at radius 3 is 2.65 bits per heavy atom. The second-order valence-corrected chi connectivity index (χ2v) is 5.95. The van der Waals surface area contributed by atoms with Gasteiger partial charge >= 0.3 is 0 Å². The van der Waals surface area contributed by atoms with Crippen LogP contribution in [0, 0.1) is 16.0 Å². The van der Waals surface area contributed by atoms with Gasteiger partial charge in [-0.3, -0.25) is 10.1 Å². The molecule has 0 aliphatic rings. The molecule has 1 rings (SSSR count). The zero-order chi connectivity index (χ0) is 15.1. The van der Waals surface area contributed by atoms with Gasteiger partial charge in [0.05, 0.1) is 9.40 Å². The average molecular weight is 343 g/mol. The lowest BCUT2D eigenvalue weighted by Gasteiger charge is -2.24. The van der Waals surface area contributed by atoms with E-state index in [0.29, 0.717) is 16.4 Å². The maximum absolute atomic E-state index is 11.0. The molecule has 0 aliphatic carbocycles. The Labute approximate surface area is 129 Å². The number of nitro groups is 1. The van der Waals surface area contributed by atoms with Gasteiger partial charge in [-0.05, 0) is 53.2 Å². The minimum absolute atomic E-state index is 0.143. The standard InChI is InChI=1S/C15H23BrN2O2/c1-4-9-17-13(5-2)11(3)10-12-7-6-8-14(15(12)16)18(19)20/h6-8,11,13,17H,4-5,9-10H2,1-3H3. The van der Waals surface area contributed by atoms with Crippen molar-refractivity contribution in [3.8, 4) is 0 Å². The molecule has 1 aromatic carbocycles. The zero-order valence-corrected chi connectivity index (χ0v) is 13.9. The first-order chi connectivity index (χ1) is 9.51. The lowest BCUT2D eigenvalue weighted by Crippen LogP contribution is -2.35.